The van der Waals surface area contributed by atoms with Gasteiger partial charge in [-0.1, -0.05) is 48.5 Å². The molecular formula is C26H31N3O5. The van der Waals surface area contributed by atoms with E-state index in [0.29, 0.717) is 12.6 Å². The number of nitrogens with zero attached hydrogens (tertiary/aromatic N) is 1. The maximum atomic E-state index is 12.8. The molecule has 2 unspecified atom stereocenters. The largest absolute Gasteiger partial charge is 0.481 e. The van der Waals surface area contributed by atoms with Crippen LogP contribution in [0.4, 0.5) is 4.79 Å². The highest BCUT2D eigenvalue weighted by atomic mass is 16.5. The van der Waals surface area contributed by atoms with Gasteiger partial charge in [0.05, 0.1) is 6.42 Å². The molecule has 0 aromatic heterocycles. The Kier molecular flexibility index (Phi) is 7.17. The monoisotopic (exact) mass is 465 g/mol. The molecule has 0 saturated carbocycles. The minimum absolute atomic E-state index is 0.0736. The number of carboxylic acid groups (broad SMARTS) is 1. The zero-order valence-corrected chi connectivity index (χ0v) is 19.5. The van der Waals surface area contributed by atoms with E-state index in [1.807, 2.05) is 48.5 Å². The number of fused-ring (bicyclic) bond motifs is 3. The van der Waals surface area contributed by atoms with E-state index in [1.165, 1.54) is 0 Å². The lowest BCUT2D eigenvalue weighted by Gasteiger charge is -2.22. The van der Waals surface area contributed by atoms with Gasteiger partial charge in [0, 0.05) is 31.1 Å². The van der Waals surface area contributed by atoms with Crippen LogP contribution in [-0.4, -0.2) is 65.8 Å². The van der Waals surface area contributed by atoms with Gasteiger partial charge >= 0.3 is 12.1 Å². The Morgan fingerprint density at radius 1 is 1.06 bits per heavy atom. The van der Waals surface area contributed by atoms with E-state index >= 15 is 0 Å². The number of carbonyl (C=O) groups excluding carboxylic acids is 2. The van der Waals surface area contributed by atoms with E-state index in [-0.39, 0.29) is 18.6 Å². The lowest BCUT2D eigenvalue weighted by molar-refractivity contribution is -0.140. The van der Waals surface area contributed by atoms with Gasteiger partial charge in [0.25, 0.3) is 0 Å². The Morgan fingerprint density at radius 3 is 2.24 bits per heavy atom. The molecule has 8 heteroatoms. The van der Waals surface area contributed by atoms with E-state index in [0.717, 1.165) is 35.2 Å². The van der Waals surface area contributed by atoms with Crippen LogP contribution in [0.2, 0.25) is 0 Å². The third-order valence-electron chi connectivity index (χ3n) is 6.63. The normalized spacial score (nSPS) is 18.3. The molecule has 1 saturated heterocycles. The smallest absolute Gasteiger partial charge is 0.407 e. The zero-order chi connectivity index (χ0) is 24.2. The summed E-state index contributed by atoms with van der Waals surface area (Å²) < 4.78 is 5.49. The van der Waals surface area contributed by atoms with Crippen LogP contribution in [-0.2, 0) is 14.3 Å². The summed E-state index contributed by atoms with van der Waals surface area (Å²) in [4.78, 5) is 38.9. The highest BCUT2D eigenvalue weighted by Crippen LogP contribution is 2.44. The number of ether oxygens (including phenoxy) is 1. The first-order chi connectivity index (χ1) is 16.3. The lowest BCUT2D eigenvalue weighted by atomic mass is 9.98. The average molecular weight is 466 g/mol. The van der Waals surface area contributed by atoms with Crippen LogP contribution in [0.15, 0.2) is 48.5 Å². The van der Waals surface area contributed by atoms with Crippen molar-refractivity contribution in [2.24, 2.45) is 0 Å². The summed E-state index contributed by atoms with van der Waals surface area (Å²) in [5.74, 6) is -1.80. The Balaban J connectivity index is 1.37. The van der Waals surface area contributed by atoms with Gasteiger partial charge in [-0.2, -0.15) is 0 Å². The Morgan fingerprint density at radius 2 is 1.68 bits per heavy atom. The van der Waals surface area contributed by atoms with E-state index in [4.69, 9.17) is 4.74 Å². The second kappa shape index (κ2) is 10.3. The van der Waals surface area contributed by atoms with Crippen molar-refractivity contribution < 1.29 is 24.2 Å². The van der Waals surface area contributed by atoms with Crippen LogP contribution in [0.3, 0.4) is 0 Å². The first-order valence-corrected chi connectivity index (χ1v) is 11.7. The molecule has 0 radical (unpaired) electrons. The molecule has 2 aromatic carbocycles. The third-order valence-corrected chi connectivity index (χ3v) is 6.63. The van der Waals surface area contributed by atoms with Crippen LogP contribution in [0.25, 0.3) is 11.1 Å². The SMILES string of the molecule is CC(C)N1CCC(NC(=O)C(CC(=O)O)NC(=O)OCC2c3ccccc3-c3ccccc32)C1. The number of hydrogen-bond donors (Lipinski definition) is 3. The molecule has 0 spiro atoms. The van der Waals surface area contributed by atoms with Crippen molar-refractivity contribution in [1.29, 1.82) is 0 Å². The van der Waals surface area contributed by atoms with E-state index in [9.17, 15) is 19.5 Å². The fraction of sp³-hybridized carbons (Fsp3) is 0.423. The summed E-state index contributed by atoms with van der Waals surface area (Å²) in [6.07, 6.45) is -0.538. The minimum Gasteiger partial charge on any atom is -0.481 e. The number of hydrogen-bond acceptors (Lipinski definition) is 5. The number of nitrogens with one attached hydrogen (secondary N) is 2. The van der Waals surface area contributed by atoms with E-state index in [2.05, 4.69) is 29.4 Å². The highest BCUT2D eigenvalue weighted by molar-refractivity contribution is 5.89. The van der Waals surface area contributed by atoms with Crippen LogP contribution >= 0.6 is 0 Å². The Hall–Kier alpha value is -3.39. The van der Waals surface area contributed by atoms with Crippen molar-refractivity contribution in [2.75, 3.05) is 19.7 Å². The second-order valence-corrected chi connectivity index (χ2v) is 9.20. The number of carboxylic acids is 1. The fourth-order valence-electron chi connectivity index (χ4n) is 4.84. The number of carbonyl (C=O) groups is 3. The van der Waals surface area contributed by atoms with E-state index < -0.39 is 30.4 Å². The molecule has 34 heavy (non-hydrogen) atoms. The van der Waals surface area contributed by atoms with Gasteiger partial charge in [0.1, 0.15) is 12.6 Å². The predicted molar refractivity (Wildman–Crippen MR) is 128 cm³/mol. The number of aliphatic carboxylic acids is 1. The molecule has 0 bridgehead atoms. The summed E-state index contributed by atoms with van der Waals surface area (Å²) in [5.41, 5.74) is 4.38. The van der Waals surface area contributed by atoms with Crippen molar-refractivity contribution in [3.63, 3.8) is 0 Å². The number of rotatable bonds is 8. The van der Waals surface area contributed by atoms with Gasteiger partial charge in [0.2, 0.25) is 5.91 Å². The maximum Gasteiger partial charge on any atom is 0.407 e. The fourth-order valence-corrected chi connectivity index (χ4v) is 4.84. The Labute approximate surface area is 199 Å². The van der Waals surface area contributed by atoms with Crippen molar-refractivity contribution in [1.82, 2.24) is 15.5 Å². The van der Waals surface area contributed by atoms with Gasteiger partial charge in [-0.3, -0.25) is 14.5 Å². The lowest BCUT2D eigenvalue weighted by Crippen LogP contribution is -2.51. The summed E-state index contributed by atoms with van der Waals surface area (Å²) in [6.45, 7) is 5.85. The highest BCUT2D eigenvalue weighted by Gasteiger charge is 2.32. The van der Waals surface area contributed by atoms with Crippen molar-refractivity contribution in [3.05, 3.63) is 59.7 Å². The molecule has 1 aliphatic heterocycles. The quantitative estimate of drug-likeness (QED) is 0.553. The molecule has 1 fully saturated rings. The zero-order valence-electron chi connectivity index (χ0n) is 19.5. The molecule has 2 amide bonds. The molecule has 2 aliphatic rings. The number of likely N-dealkylation sites (tertiary alicyclic amines) is 1. The summed E-state index contributed by atoms with van der Waals surface area (Å²) in [5, 5.41) is 14.6. The van der Waals surface area contributed by atoms with Crippen LogP contribution in [0.1, 0.15) is 43.7 Å². The average Bonchev–Trinajstić information content (AvgIpc) is 3.40. The van der Waals surface area contributed by atoms with Gasteiger partial charge < -0.3 is 20.5 Å². The third kappa shape index (κ3) is 5.22. The number of alkyl carbamates (subject to hydrolysis) is 1. The molecule has 2 atom stereocenters. The first kappa shape index (κ1) is 23.8. The first-order valence-electron chi connectivity index (χ1n) is 11.7. The number of amides is 2. The molecule has 1 aliphatic carbocycles. The van der Waals surface area contributed by atoms with Crippen LogP contribution in [0.5, 0.6) is 0 Å². The van der Waals surface area contributed by atoms with Gasteiger partial charge in [-0.15, -0.1) is 0 Å². The molecular weight excluding hydrogens is 434 g/mol. The summed E-state index contributed by atoms with van der Waals surface area (Å²) in [7, 11) is 0. The molecule has 4 rings (SSSR count). The molecule has 1 heterocycles. The van der Waals surface area contributed by atoms with Crippen molar-refractivity contribution in [2.45, 2.75) is 50.7 Å². The Bertz CT molecular complexity index is 1020. The van der Waals surface area contributed by atoms with Gasteiger partial charge in [-0.05, 0) is 42.5 Å². The maximum absolute atomic E-state index is 12.8. The van der Waals surface area contributed by atoms with Crippen LogP contribution in [0, 0.1) is 0 Å². The van der Waals surface area contributed by atoms with Crippen molar-refractivity contribution >= 4 is 18.0 Å². The van der Waals surface area contributed by atoms with E-state index in [1.54, 1.807) is 0 Å². The van der Waals surface area contributed by atoms with Crippen LogP contribution < -0.4 is 10.6 Å². The second-order valence-electron chi connectivity index (χ2n) is 9.20. The molecule has 180 valence electrons. The molecule has 2 aromatic rings. The van der Waals surface area contributed by atoms with Gasteiger partial charge in [0.15, 0.2) is 0 Å². The number of benzene rings is 2. The summed E-state index contributed by atoms with van der Waals surface area (Å²) >= 11 is 0. The summed E-state index contributed by atoms with van der Waals surface area (Å²) in [6, 6.07) is 15.1. The molecule has 3 N–H and O–H groups in total. The van der Waals surface area contributed by atoms with Gasteiger partial charge in [-0.25, -0.2) is 4.79 Å². The van der Waals surface area contributed by atoms with Crippen molar-refractivity contribution in [3.8, 4) is 11.1 Å². The molecule has 8 nitrogen and oxygen atoms in total. The standard InChI is InChI=1S/C26H31N3O5/c1-16(2)29-12-11-17(14-29)27-25(32)23(13-24(30)31)28-26(33)34-15-22-20-9-5-3-7-18(20)19-8-4-6-10-21(19)22/h3-10,16-17,22-23H,11-15H2,1-2H3,(H,27,32)(H,28,33)(H,30,31). The minimum atomic E-state index is -1.21. The topological polar surface area (TPSA) is 108 Å². The predicted octanol–water partition coefficient (Wildman–Crippen LogP) is 2.97.